The molecule has 0 amide bonds. The highest BCUT2D eigenvalue weighted by atomic mass is 19.1. The Morgan fingerprint density at radius 3 is 2.39 bits per heavy atom. The van der Waals surface area contributed by atoms with Crippen LogP contribution < -0.4 is 0 Å². The molecule has 3 rings (SSSR count). The van der Waals surface area contributed by atoms with Crippen LogP contribution in [0.15, 0.2) is 47.4 Å². The molecular weight excluding hydrogens is 235 g/mol. The molecule has 18 heavy (non-hydrogen) atoms. The molecule has 0 fully saturated rings. The van der Waals surface area contributed by atoms with Crippen LogP contribution in [0.25, 0.3) is 22.9 Å². The SMILES string of the molecule is Fc1cccc(-c2nnc(-c3cncnc3)o2)c1. The summed E-state index contributed by atoms with van der Waals surface area (Å²) in [5, 5.41) is 7.74. The van der Waals surface area contributed by atoms with Crippen molar-refractivity contribution in [3.05, 3.63) is 48.8 Å². The third kappa shape index (κ3) is 1.95. The average Bonchev–Trinajstić information content (AvgIpc) is 2.89. The van der Waals surface area contributed by atoms with Crippen LogP contribution in [-0.2, 0) is 0 Å². The van der Waals surface area contributed by atoms with E-state index in [-0.39, 0.29) is 11.7 Å². The second kappa shape index (κ2) is 4.33. The van der Waals surface area contributed by atoms with E-state index in [1.165, 1.54) is 18.5 Å². The fourth-order valence-electron chi connectivity index (χ4n) is 1.49. The summed E-state index contributed by atoms with van der Waals surface area (Å²) in [5.41, 5.74) is 1.15. The van der Waals surface area contributed by atoms with Crippen LogP contribution in [-0.4, -0.2) is 20.2 Å². The van der Waals surface area contributed by atoms with Gasteiger partial charge in [0.2, 0.25) is 5.89 Å². The number of benzene rings is 1. The fraction of sp³-hybridized carbons (Fsp3) is 0. The molecule has 0 bridgehead atoms. The first-order chi connectivity index (χ1) is 8.83. The topological polar surface area (TPSA) is 64.7 Å². The molecule has 2 aromatic heterocycles. The molecule has 0 radical (unpaired) electrons. The van der Waals surface area contributed by atoms with Crippen molar-refractivity contribution in [1.82, 2.24) is 20.2 Å². The van der Waals surface area contributed by atoms with Crippen molar-refractivity contribution in [1.29, 1.82) is 0 Å². The third-order valence-corrected chi connectivity index (χ3v) is 2.30. The average molecular weight is 242 g/mol. The van der Waals surface area contributed by atoms with E-state index in [0.29, 0.717) is 17.0 Å². The molecule has 3 aromatic rings. The van der Waals surface area contributed by atoms with Crippen LogP contribution in [0, 0.1) is 5.82 Å². The second-order valence-corrected chi connectivity index (χ2v) is 3.55. The van der Waals surface area contributed by atoms with Crippen LogP contribution in [0.4, 0.5) is 4.39 Å². The van der Waals surface area contributed by atoms with Crippen LogP contribution >= 0.6 is 0 Å². The molecule has 0 unspecified atom stereocenters. The standard InChI is InChI=1S/C12H7FN4O/c13-10-3-1-2-8(4-10)11-16-17-12(18-11)9-5-14-7-15-6-9/h1-7H. The van der Waals surface area contributed by atoms with E-state index in [4.69, 9.17) is 4.42 Å². The van der Waals surface area contributed by atoms with Crippen molar-refractivity contribution in [3.8, 4) is 22.9 Å². The van der Waals surface area contributed by atoms with Crippen molar-refractivity contribution >= 4 is 0 Å². The van der Waals surface area contributed by atoms with Crippen molar-refractivity contribution < 1.29 is 8.81 Å². The van der Waals surface area contributed by atoms with Gasteiger partial charge in [0.05, 0.1) is 5.56 Å². The van der Waals surface area contributed by atoms with Gasteiger partial charge in [0.1, 0.15) is 12.1 Å². The second-order valence-electron chi connectivity index (χ2n) is 3.55. The van der Waals surface area contributed by atoms with Gasteiger partial charge >= 0.3 is 0 Å². The highest BCUT2D eigenvalue weighted by molar-refractivity contribution is 5.56. The highest BCUT2D eigenvalue weighted by Crippen LogP contribution is 2.23. The minimum Gasteiger partial charge on any atom is -0.416 e. The maximum Gasteiger partial charge on any atom is 0.251 e. The molecule has 0 aliphatic heterocycles. The van der Waals surface area contributed by atoms with Gasteiger partial charge in [-0.3, -0.25) is 0 Å². The summed E-state index contributed by atoms with van der Waals surface area (Å²) in [6, 6.07) is 5.96. The Morgan fingerprint density at radius 2 is 1.67 bits per heavy atom. The summed E-state index contributed by atoms with van der Waals surface area (Å²) in [7, 11) is 0. The normalized spacial score (nSPS) is 10.5. The molecule has 0 N–H and O–H groups in total. The molecule has 0 spiro atoms. The quantitative estimate of drug-likeness (QED) is 0.690. The van der Waals surface area contributed by atoms with Crippen molar-refractivity contribution in [3.63, 3.8) is 0 Å². The third-order valence-electron chi connectivity index (χ3n) is 2.30. The van der Waals surface area contributed by atoms with Gasteiger partial charge in [-0.25, -0.2) is 14.4 Å². The Morgan fingerprint density at radius 1 is 0.944 bits per heavy atom. The Labute approximate surface area is 101 Å². The number of halogens is 1. The van der Waals surface area contributed by atoms with Gasteiger partial charge < -0.3 is 4.42 Å². The number of nitrogens with zero attached hydrogens (tertiary/aromatic N) is 4. The first-order valence-corrected chi connectivity index (χ1v) is 5.18. The summed E-state index contributed by atoms with van der Waals surface area (Å²) in [5.74, 6) is 0.207. The molecule has 0 atom stereocenters. The maximum absolute atomic E-state index is 13.1. The van der Waals surface area contributed by atoms with E-state index >= 15 is 0 Å². The lowest BCUT2D eigenvalue weighted by molar-refractivity contribution is 0.581. The first-order valence-electron chi connectivity index (χ1n) is 5.18. The lowest BCUT2D eigenvalue weighted by atomic mass is 10.2. The fourth-order valence-corrected chi connectivity index (χ4v) is 1.49. The summed E-state index contributed by atoms with van der Waals surface area (Å²) in [6.45, 7) is 0. The van der Waals surface area contributed by atoms with Gasteiger partial charge in [-0.15, -0.1) is 10.2 Å². The van der Waals surface area contributed by atoms with E-state index in [2.05, 4.69) is 20.2 Å². The zero-order valence-corrected chi connectivity index (χ0v) is 9.12. The summed E-state index contributed by atoms with van der Waals surface area (Å²) < 4.78 is 18.5. The smallest absolute Gasteiger partial charge is 0.251 e. The largest absolute Gasteiger partial charge is 0.416 e. The molecule has 88 valence electrons. The van der Waals surface area contributed by atoms with E-state index in [0.717, 1.165) is 0 Å². The van der Waals surface area contributed by atoms with Crippen LogP contribution in [0.3, 0.4) is 0 Å². The first kappa shape index (κ1) is 10.5. The minimum absolute atomic E-state index is 0.258. The molecule has 1 aromatic carbocycles. The van der Waals surface area contributed by atoms with Gasteiger partial charge in [-0.05, 0) is 18.2 Å². The Kier molecular flexibility index (Phi) is 2.53. The molecule has 0 aliphatic rings. The van der Waals surface area contributed by atoms with Crippen LogP contribution in [0.2, 0.25) is 0 Å². The molecule has 0 saturated heterocycles. The van der Waals surface area contributed by atoms with E-state index in [9.17, 15) is 4.39 Å². The Hall–Kier alpha value is -2.63. The predicted octanol–water partition coefficient (Wildman–Crippen LogP) is 2.33. The predicted molar refractivity (Wildman–Crippen MR) is 60.7 cm³/mol. The lowest BCUT2D eigenvalue weighted by Crippen LogP contribution is -1.81. The summed E-state index contributed by atoms with van der Waals surface area (Å²) in [4.78, 5) is 7.72. The van der Waals surface area contributed by atoms with E-state index < -0.39 is 0 Å². The van der Waals surface area contributed by atoms with Crippen molar-refractivity contribution in [2.24, 2.45) is 0 Å². The molecule has 2 heterocycles. The summed E-state index contributed by atoms with van der Waals surface area (Å²) in [6.07, 6.45) is 4.54. The van der Waals surface area contributed by atoms with E-state index in [1.807, 2.05) is 0 Å². The molecule has 5 nitrogen and oxygen atoms in total. The van der Waals surface area contributed by atoms with Crippen molar-refractivity contribution in [2.45, 2.75) is 0 Å². The minimum atomic E-state index is -0.352. The number of hydrogen-bond acceptors (Lipinski definition) is 5. The zero-order chi connectivity index (χ0) is 12.4. The molecule has 6 heteroatoms. The molecule has 0 saturated carbocycles. The van der Waals surface area contributed by atoms with Gasteiger partial charge in [-0.2, -0.15) is 0 Å². The van der Waals surface area contributed by atoms with Crippen LogP contribution in [0.1, 0.15) is 0 Å². The summed E-state index contributed by atoms with van der Waals surface area (Å²) >= 11 is 0. The van der Waals surface area contributed by atoms with Gasteiger partial charge in [0, 0.05) is 18.0 Å². The van der Waals surface area contributed by atoms with Gasteiger partial charge in [0.15, 0.2) is 0 Å². The number of hydrogen-bond donors (Lipinski definition) is 0. The van der Waals surface area contributed by atoms with Gasteiger partial charge in [-0.1, -0.05) is 6.07 Å². The lowest BCUT2D eigenvalue weighted by Gasteiger charge is -1.94. The zero-order valence-electron chi connectivity index (χ0n) is 9.12. The number of rotatable bonds is 2. The van der Waals surface area contributed by atoms with Crippen molar-refractivity contribution in [2.75, 3.05) is 0 Å². The Bertz CT molecular complexity index is 669. The highest BCUT2D eigenvalue weighted by Gasteiger charge is 2.10. The monoisotopic (exact) mass is 242 g/mol. The Balaban J connectivity index is 2.00. The molecular formula is C12H7FN4O. The number of aromatic nitrogens is 4. The van der Waals surface area contributed by atoms with Gasteiger partial charge in [0.25, 0.3) is 5.89 Å². The van der Waals surface area contributed by atoms with Crippen LogP contribution in [0.5, 0.6) is 0 Å². The molecule has 0 aliphatic carbocycles. The maximum atomic E-state index is 13.1. The van der Waals surface area contributed by atoms with E-state index in [1.54, 1.807) is 24.5 Å².